The number of carbonyl (C=O) groups excluding carboxylic acids is 4. The number of nitrogens with one attached hydrogen (secondary N) is 2. The lowest BCUT2D eigenvalue weighted by molar-refractivity contribution is -0.150. The summed E-state index contributed by atoms with van der Waals surface area (Å²) in [6, 6.07) is -3.97. The molecule has 0 aliphatic carbocycles. The molecule has 170 valence electrons. The molecule has 1 aliphatic rings. The molecule has 11 nitrogen and oxygen atoms in total. The van der Waals surface area contributed by atoms with Crippen LogP contribution in [0.15, 0.2) is 0 Å². The number of hydrogen-bond acceptors (Lipinski definition) is 7. The van der Waals surface area contributed by atoms with Crippen molar-refractivity contribution in [3.05, 3.63) is 0 Å². The standard InChI is InChI=1S/C18H31N5O6S/c1-9(2)14(17(27)23-7-3-4-12(23)18(28)29)22-16(26)11(8-30)21-15(25)10(19)5-6-13(20)24/h9-12,14,30H,3-8,19H2,1-2H3,(H2,20,24)(H,21,25)(H,22,26)(H,28,29). The quantitative estimate of drug-likeness (QED) is 0.203. The number of primary amides is 1. The van der Waals surface area contributed by atoms with E-state index in [2.05, 4.69) is 23.3 Å². The molecule has 1 aliphatic heterocycles. The molecule has 4 amide bonds. The third-order valence-corrected chi connectivity index (χ3v) is 5.27. The molecule has 0 bridgehead atoms. The van der Waals surface area contributed by atoms with E-state index in [-0.39, 0.29) is 24.5 Å². The van der Waals surface area contributed by atoms with Gasteiger partial charge in [0.25, 0.3) is 0 Å². The Labute approximate surface area is 180 Å². The second-order valence-corrected chi connectivity index (χ2v) is 7.98. The Balaban J connectivity index is 2.80. The number of hydrogen-bond donors (Lipinski definition) is 6. The number of aliphatic carboxylic acids is 1. The lowest BCUT2D eigenvalue weighted by Crippen LogP contribution is -2.59. The molecule has 0 saturated carbocycles. The highest BCUT2D eigenvalue weighted by Gasteiger charge is 2.39. The van der Waals surface area contributed by atoms with Gasteiger partial charge in [0.2, 0.25) is 23.6 Å². The maximum Gasteiger partial charge on any atom is 0.326 e. The number of thiol groups is 1. The van der Waals surface area contributed by atoms with Gasteiger partial charge in [-0.25, -0.2) is 4.79 Å². The molecule has 0 aromatic rings. The minimum absolute atomic E-state index is 0.0285. The summed E-state index contributed by atoms with van der Waals surface area (Å²) in [5.74, 6) is -3.82. The van der Waals surface area contributed by atoms with Gasteiger partial charge in [-0.2, -0.15) is 12.6 Å². The van der Waals surface area contributed by atoms with E-state index < -0.39 is 53.8 Å². The number of nitrogens with two attached hydrogens (primary N) is 2. The van der Waals surface area contributed by atoms with E-state index >= 15 is 0 Å². The lowest BCUT2D eigenvalue weighted by Gasteiger charge is -2.30. The second-order valence-electron chi connectivity index (χ2n) is 7.61. The number of nitrogens with zero attached hydrogens (tertiary/aromatic N) is 1. The average molecular weight is 446 g/mol. The first-order valence-corrected chi connectivity index (χ1v) is 10.4. The molecule has 1 rings (SSSR count). The van der Waals surface area contributed by atoms with Gasteiger partial charge in [-0.3, -0.25) is 19.2 Å². The smallest absolute Gasteiger partial charge is 0.326 e. The summed E-state index contributed by atoms with van der Waals surface area (Å²) in [7, 11) is 0. The average Bonchev–Trinajstić information content (AvgIpc) is 3.17. The highest BCUT2D eigenvalue weighted by molar-refractivity contribution is 7.80. The van der Waals surface area contributed by atoms with Crippen molar-refractivity contribution < 1.29 is 29.1 Å². The fourth-order valence-electron chi connectivity index (χ4n) is 3.14. The number of likely N-dealkylation sites (tertiary alicyclic amines) is 1. The first-order valence-electron chi connectivity index (χ1n) is 9.78. The zero-order valence-electron chi connectivity index (χ0n) is 17.2. The second kappa shape index (κ2) is 11.7. The van der Waals surface area contributed by atoms with Crippen LogP contribution >= 0.6 is 12.6 Å². The summed E-state index contributed by atoms with van der Waals surface area (Å²) in [6.07, 6.45) is 0.885. The van der Waals surface area contributed by atoms with E-state index in [0.29, 0.717) is 19.4 Å². The van der Waals surface area contributed by atoms with Crippen LogP contribution in [0.1, 0.15) is 39.5 Å². The van der Waals surface area contributed by atoms with E-state index in [1.54, 1.807) is 13.8 Å². The van der Waals surface area contributed by atoms with Crippen molar-refractivity contribution in [1.82, 2.24) is 15.5 Å². The Bertz CT molecular complexity index is 673. The molecule has 1 saturated heterocycles. The molecule has 12 heteroatoms. The van der Waals surface area contributed by atoms with Crippen molar-refractivity contribution >= 4 is 42.2 Å². The van der Waals surface area contributed by atoms with Crippen LogP contribution in [0.5, 0.6) is 0 Å². The van der Waals surface area contributed by atoms with Gasteiger partial charge in [0, 0.05) is 18.7 Å². The molecule has 1 fully saturated rings. The van der Waals surface area contributed by atoms with Gasteiger partial charge in [0.05, 0.1) is 6.04 Å². The van der Waals surface area contributed by atoms with Crippen LogP contribution in [0.4, 0.5) is 0 Å². The summed E-state index contributed by atoms with van der Waals surface area (Å²) in [5, 5.41) is 14.4. The largest absolute Gasteiger partial charge is 0.480 e. The molecule has 0 spiro atoms. The Morgan fingerprint density at radius 2 is 1.80 bits per heavy atom. The molecule has 1 heterocycles. The first-order chi connectivity index (χ1) is 14.0. The summed E-state index contributed by atoms with van der Waals surface area (Å²) >= 11 is 4.07. The van der Waals surface area contributed by atoms with Crippen LogP contribution in [-0.4, -0.2) is 76.1 Å². The third kappa shape index (κ3) is 7.17. The monoisotopic (exact) mass is 445 g/mol. The van der Waals surface area contributed by atoms with Crippen LogP contribution < -0.4 is 22.1 Å². The SMILES string of the molecule is CC(C)C(NC(=O)C(CS)NC(=O)C(N)CCC(N)=O)C(=O)N1CCCC1C(=O)O. The van der Waals surface area contributed by atoms with Crippen molar-refractivity contribution in [3.63, 3.8) is 0 Å². The van der Waals surface area contributed by atoms with Gasteiger partial charge in [-0.1, -0.05) is 13.8 Å². The van der Waals surface area contributed by atoms with Gasteiger partial charge >= 0.3 is 5.97 Å². The predicted molar refractivity (Wildman–Crippen MR) is 111 cm³/mol. The molecule has 4 unspecified atom stereocenters. The minimum atomic E-state index is -1.08. The summed E-state index contributed by atoms with van der Waals surface area (Å²) in [6.45, 7) is 3.75. The summed E-state index contributed by atoms with van der Waals surface area (Å²) in [4.78, 5) is 61.2. The zero-order valence-corrected chi connectivity index (χ0v) is 18.1. The van der Waals surface area contributed by atoms with Crippen LogP contribution in [0.2, 0.25) is 0 Å². The van der Waals surface area contributed by atoms with E-state index in [1.165, 1.54) is 4.90 Å². The Hall–Kier alpha value is -2.34. The van der Waals surface area contributed by atoms with E-state index in [4.69, 9.17) is 11.5 Å². The van der Waals surface area contributed by atoms with Crippen LogP contribution in [-0.2, 0) is 24.0 Å². The van der Waals surface area contributed by atoms with E-state index in [1.807, 2.05) is 0 Å². The highest BCUT2D eigenvalue weighted by Crippen LogP contribution is 2.20. The van der Waals surface area contributed by atoms with Crippen molar-refractivity contribution in [2.45, 2.75) is 63.7 Å². The number of amides is 4. The van der Waals surface area contributed by atoms with Gasteiger partial charge in [0.1, 0.15) is 18.1 Å². The fraction of sp³-hybridized carbons (Fsp3) is 0.722. The van der Waals surface area contributed by atoms with Gasteiger partial charge in [-0.15, -0.1) is 0 Å². The van der Waals surface area contributed by atoms with Gasteiger partial charge in [-0.05, 0) is 25.2 Å². The molecule has 0 aromatic heterocycles. The van der Waals surface area contributed by atoms with Crippen LogP contribution in [0, 0.1) is 5.92 Å². The van der Waals surface area contributed by atoms with Crippen molar-refractivity contribution in [2.75, 3.05) is 12.3 Å². The molecular formula is C18H31N5O6S. The number of rotatable bonds is 11. The predicted octanol–water partition coefficient (Wildman–Crippen LogP) is -1.79. The summed E-state index contributed by atoms with van der Waals surface area (Å²) in [5.41, 5.74) is 10.7. The van der Waals surface area contributed by atoms with Crippen molar-refractivity contribution in [1.29, 1.82) is 0 Å². The maximum absolute atomic E-state index is 12.9. The molecule has 0 radical (unpaired) electrons. The molecular weight excluding hydrogens is 414 g/mol. The van der Waals surface area contributed by atoms with Crippen molar-refractivity contribution in [3.8, 4) is 0 Å². The highest BCUT2D eigenvalue weighted by atomic mass is 32.1. The normalized spacial score (nSPS) is 19.1. The van der Waals surface area contributed by atoms with Crippen LogP contribution in [0.25, 0.3) is 0 Å². The number of carboxylic acid groups (broad SMARTS) is 1. The molecule has 4 atom stereocenters. The van der Waals surface area contributed by atoms with Crippen LogP contribution in [0.3, 0.4) is 0 Å². The Morgan fingerprint density at radius 1 is 1.17 bits per heavy atom. The third-order valence-electron chi connectivity index (χ3n) is 4.91. The Kier molecular flexibility index (Phi) is 10.1. The number of carboxylic acids is 1. The molecule has 0 aromatic carbocycles. The minimum Gasteiger partial charge on any atom is -0.480 e. The van der Waals surface area contributed by atoms with Gasteiger partial charge < -0.3 is 32.1 Å². The van der Waals surface area contributed by atoms with E-state index in [9.17, 15) is 29.1 Å². The summed E-state index contributed by atoms with van der Waals surface area (Å²) < 4.78 is 0. The first kappa shape index (κ1) is 25.7. The zero-order chi connectivity index (χ0) is 23.0. The number of carbonyl (C=O) groups is 5. The maximum atomic E-state index is 12.9. The van der Waals surface area contributed by atoms with Crippen molar-refractivity contribution in [2.24, 2.45) is 17.4 Å². The topological polar surface area (TPSA) is 185 Å². The molecule has 7 N–H and O–H groups in total. The van der Waals surface area contributed by atoms with Gasteiger partial charge in [0.15, 0.2) is 0 Å². The lowest BCUT2D eigenvalue weighted by atomic mass is 10.0. The van der Waals surface area contributed by atoms with E-state index in [0.717, 1.165) is 0 Å². The Morgan fingerprint density at radius 3 is 2.30 bits per heavy atom. The molecule has 30 heavy (non-hydrogen) atoms. The fourth-order valence-corrected chi connectivity index (χ4v) is 3.39.